The fraction of sp³-hybridized carbons (Fsp3) is 1.00. The second kappa shape index (κ2) is 3.52. The lowest BCUT2D eigenvalue weighted by atomic mass is 9.90. The molecule has 0 spiro atoms. The zero-order valence-electron chi connectivity index (χ0n) is 7.05. The van der Waals surface area contributed by atoms with Crippen LogP contribution < -0.4 is 5.73 Å². The van der Waals surface area contributed by atoms with Crippen LogP contribution in [0, 0.1) is 0 Å². The molecule has 0 radical (unpaired) electrons. The quantitative estimate of drug-likeness (QED) is 0.608. The minimum Gasteiger partial charge on any atom is -0.388 e. The lowest BCUT2D eigenvalue weighted by molar-refractivity contribution is -0.0984. The molecule has 1 saturated heterocycles. The first-order valence-electron chi connectivity index (χ1n) is 4.24. The molecule has 3 heteroatoms. The highest BCUT2D eigenvalue weighted by Crippen LogP contribution is 2.24. The molecule has 1 aliphatic rings. The van der Waals surface area contributed by atoms with Crippen LogP contribution in [-0.4, -0.2) is 30.0 Å². The predicted molar refractivity (Wildman–Crippen MR) is 43.3 cm³/mol. The van der Waals surface area contributed by atoms with Gasteiger partial charge in [0, 0.05) is 26.0 Å². The highest BCUT2D eigenvalue weighted by molar-refractivity contribution is 4.85. The van der Waals surface area contributed by atoms with Gasteiger partial charge in [0.05, 0.1) is 11.7 Å². The van der Waals surface area contributed by atoms with E-state index >= 15 is 0 Å². The maximum absolute atomic E-state index is 9.78. The van der Waals surface area contributed by atoms with Crippen LogP contribution in [0.5, 0.6) is 0 Å². The molecule has 0 aromatic heterocycles. The minimum atomic E-state index is -0.654. The molecule has 0 saturated carbocycles. The summed E-state index contributed by atoms with van der Waals surface area (Å²) in [5.74, 6) is 0. The van der Waals surface area contributed by atoms with Crippen molar-refractivity contribution in [3.8, 4) is 0 Å². The van der Waals surface area contributed by atoms with Crippen LogP contribution >= 0.6 is 0 Å². The van der Waals surface area contributed by atoms with E-state index in [-0.39, 0.29) is 6.10 Å². The van der Waals surface area contributed by atoms with Crippen LogP contribution in [0.3, 0.4) is 0 Å². The van der Waals surface area contributed by atoms with Crippen LogP contribution in [0.2, 0.25) is 0 Å². The van der Waals surface area contributed by atoms with Gasteiger partial charge >= 0.3 is 0 Å². The van der Waals surface area contributed by atoms with Crippen molar-refractivity contribution in [2.24, 2.45) is 5.73 Å². The molecule has 1 fully saturated rings. The van der Waals surface area contributed by atoms with Gasteiger partial charge in [0.1, 0.15) is 0 Å². The predicted octanol–water partition coefficient (Wildman–Crippen LogP) is 0.265. The second-order valence-corrected chi connectivity index (χ2v) is 3.28. The fourth-order valence-electron chi connectivity index (χ4n) is 1.45. The number of ether oxygens (including phenoxy) is 1. The number of hydrogen-bond acceptors (Lipinski definition) is 3. The van der Waals surface area contributed by atoms with Gasteiger partial charge in [0.2, 0.25) is 0 Å². The number of hydrogen-bond donors (Lipinski definition) is 2. The molecule has 0 amide bonds. The third-order valence-electron chi connectivity index (χ3n) is 2.36. The van der Waals surface area contributed by atoms with Crippen molar-refractivity contribution >= 4 is 0 Å². The molecule has 0 aromatic carbocycles. The minimum absolute atomic E-state index is 0.206. The summed E-state index contributed by atoms with van der Waals surface area (Å²) in [6.07, 6.45) is 2.54. The van der Waals surface area contributed by atoms with E-state index in [0.717, 1.165) is 6.42 Å². The van der Waals surface area contributed by atoms with Gasteiger partial charge in [-0.15, -0.1) is 0 Å². The number of nitrogens with two attached hydrogens (primary N) is 1. The van der Waals surface area contributed by atoms with Crippen LogP contribution in [0.4, 0.5) is 0 Å². The van der Waals surface area contributed by atoms with Crippen molar-refractivity contribution in [1.29, 1.82) is 0 Å². The average molecular weight is 159 g/mol. The zero-order chi connectivity index (χ0) is 8.32. The first-order valence-corrected chi connectivity index (χ1v) is 4.24. The molecule has 3 N–H and O–H groups in total. The summed E-state index contributed by atoms with van der Waals surface area (Å²) >= 11 is 0. The van der Waals surface area contributed by atoms with Crippen molar-refractivity contribution in [2.75, 3.05) is 13.2 Å². The van der Waals surface area contributed by atoms with E-state index < -0.39 is 5.60 Å². The summed E-state index contributed by atoms with van der Waals surface area (Å²) in [6, 6.07) is 0. The standard InChI is InChI=1S/C8H17NO2/c1-2-7-5-8(10,6-9)3-4-11-7/h7,10H,2-6,9H2,1H3. The van der Waals surface area contributed by atoms with Crippen LogP contribution in [0.15, 0.2) is 0 Å². The largest absolute Gasteiger partial charge is 0.388 e. The first kappa shape index (κ1) is 8.97. The number of rotatable bonds is 2. The molecule has 66 valence electrons. The van der Waals surface area contributed by atoms with Crippen LogP contribution in [-0.2, 0) is 4.74 Å². The van der Waals surface area contributed by atoms with Gasteiger partial charge < -0.3 is 15.6 Å². The smallest absolute Gasteiger partial charge is 0.0815 e. The molecule has 1 rings (SSSR count). The zero-order valence-corrected chi connectivity index (χ0v) is 7.05. The molecule has 1 heterocycles. The van der Waals surface area contributed by atoms with E-state index in [1.54, 1.807) is 0 Å². The number of aliphatic hydroxyl groups is 1. The van der Waals surface area contributed by atoms with Crippen LogP contribution in [0.1, 0.15) is 26.2 Å². The Kier molecular flexibility index (Phi) is 2.87. The van der Waals surface area contributed by atoms with E-state index in [2.05, 4.69) is 6.92 Å². The lowest BCUT2D eigenvalue weighted by Gasteiger charge is -2.35. The first-order chi connectivity index (χ1) is 5.20. The molecule has 0 aliphatic carbocycles. The monoisotopic (exact) mass is 159 g/mol. The maximum Gasteiger partial charge on any atom is 0.0815 e. The molecule has 2 unspecified atom stereocenters. The van der Waals surface area contributed by atoms with Gasteiger partial charge in [-0.1, -0.05) is 6.92 Å². The van der Waals surface area contributed by atoms with Gasteiger partial charge in [-0.2, -0.15) is 0 Å². The van der Waals surface area contributed by atoms with Gasteiger partial charge in [-0.25, -0.2) is 0 Å². The normalized spacial score (nSPS) is 39.0. The molecule has 0 bridgehead atoms. The molecule has 0 aromatic rings. The Morgan fingerprint density at radius 1 is 1.73 bits per heavy atom. The van der Waals surface area contributed by atoms with E-state index in [4.69, 9.17) is 10.5 Å². The molecule has 1 aliphatic heterocycles. The van der Waals surface area contributed by atoms with E-state index in [9.17, 15) is 5.11 Å². The summed E-state index contributed by atoms with van der Waals surface area (Å²) in [5.41, 5.74) is 4.80. The lowest BCUT2D eigenvalue weighted by Crippen LogP contribution is -2.46. The molecular weight excluding hydrogens is 142 g/mol. The Morgan fingerprint density at radius 3 is 3.00 bits per heavy atom. The Morgan fingerprint density at radius 2 is 2.45 bits per heavy atom. The second-order valence-electron chi connectivity index (χ2n) is 3.28. The molecular formula is C8H17NO2. The summed E-state index contributed by atoms with van der Waals surface area (Å²) in [6.45, 7) is 3.06. The summed E-state index contributed by atoms with van der Waals surface area (Å²) < 4.78 is 5.41. The Labute approximate surface area is 67.5 Å². The van der Waals surface area contributed by atoms with Gasteiger partial charge in [-0.3, -0.25) is 0 Å². The van der Waals surface area contributed by atoms with Crippen LogP contribution in [0.25, 0.3) is 0 Å². The van der Waals surface area contributed by atoms with Gasteiger partial charge in [-0.05, 0) is 6.42 Å². The maximum atomic E-state index is 9.78. The molecule has 2 atom stereocenters. The third kappa shape index (κ3) is 2.15. The third-order valence-corrected chi connectivity index (χ3v) is 2.36. The summed E-state index contributed by atoms with van der Waals surface area (Å²) in [7, 11) is 0. The topological polar surface area (TPSA) is 55.5 Å². The van der Waals surface area contributed by atoms with E-state index in [0.29, 0.717) is 26.0 Å². The average Bonchev–Trinajstić information content (AvgIpc) is 2.05. The Bertz CT molecular complexity index is 129. The SMILES string of the molecule is CCC1CC(O)(CN)CCO1. The Balaban J connectivity index is 2.44. The van der Waals surface area contributed by atoms with E-state index in [1.807, 2.05) is 0 Å². The highest BCUT2D eigenvalue weighted by atomic mass is 16.5. The summed E-state index contributed by atoms with van der Waals surface area (Å²) in [4.78, 5) is 0. The van der Waals surface area contributed by atoms with Gasteiger partial charge in [0.25, 0.3) is 0 Å². The molecule has 11 heavy (non-hydrogen) atoms. The summed E-state index contributed by atoms with van der Waals surface area (Å²) in [5, 5.41) is 9.78. The fourth-order valence-corrected chi connectivity index (χ4v) is 1.45. The molecule has 3 nitrogen and oxygen atoms in total. The van der Waals surface area contributed by atoms with Crippen molar-refractivity contribution in [2.45, 2.75) is 37.9 Å². The van der Waals surface area contributed by atoms with Crippen molar-refractivity contribution in [3.63, 3.8) is 0 Å². The van der Waals surface area contributed by atoms with Crippen molar-refractivity contribution in [3.05, 3.63) is 0 Å². The van der Waals surface area contributed by atoms with Crippen molar-refractivity contribution < 1.29 is 9.84 Å². The van der Waals surface area contributed by atoms with Gasteiger partial charge in [0.15, 0.2) is 0 Å². The Hall–Kier alpha value is -0.120. The highest BCUT2D eigenvalue weighted by Gasteiger charge is 2.32. The van der Waals surface area contributed by atoms with Crippen molar-refractivity contribution in [1.82, 2.24) is 0 Å². The van der Waals surface area contributed by atoms with E-state index in [1.165, 1.54) is 0 Å².